The normalized spacial score (nSPS) is 20.2. The number of nitrogens with zero attached hydrogens (tertiary/aromatic N) is 2. The second-order valence-electron chi connectivity index (χ2n) is 7.73. The van der Waals surface area contributed by atoms with E-state index in [0.717, 1.165) is 24.8 Å². The van der Waals surface area contributed by atoms with Crippen molar-refractivity contribution in [3.05, 3.63) is 35.9 Å². The number of carbonyl (C=O) groups is 2. The van der Waals surface area contributed by atoms with Gasteiger partial charge in [-0.1, -0.05) is 30.3 Å². The Morgan fingerprint density at radius 2 is 1.74 bits per heavy atom. The van der Waals surface area contributed by atoms with Crippen LogP contribution in [0.25, 0.3) is 0 Å². The third-order valence-corrected chi connectivity index (χ3v) is 5.76. The molecule has 0 saturated carbocycles. The van der Waals surface area contributed by atoms with Gasteiger partial charge in [-0.2, -0.15) is 13.2 Å². The maximum atomic E-state index is 12.3. The summed E-state index contributed by atoms with van der Waals surface area (Å²) in [6, 6.07) is 9.83. The summed E-state index contributed by atoms with van der Waals surface area (Å²) in [6.07, 6.45) is -3.07. The molecule has 4 nitrogen and oxygen atoms in total. The topological polar surface area (TPSA) is 40.6 Å². The molecule has 0 radical (unpaired) electrons. The fraction of sp³-hybridized carbons (Fsp3) is 0.600. The van der Waals surface area contributed by atoms with Gasteiger partial charge in [0.2, 0.25) is 11.8 Å². The molecule has 1 aromatic rings. The first kappa shape index (κ1) is 19.7. The van der Waals surface area contributed by atoms with E-state index in [9.17, 15) is 22.8 Å². The smallest absolute Gasteiger partial charge is 0.343 e. The van der Waals surface area contributed by atoms with Crippen LogP contribution in [-0.4, -0.2) is 47.4 Å². The maximum absolute atomic E-state index is 12.3. The summed E-state index contributed by atoms with van der Waals surface area (Å²) < 4.78 is 37.0. The average molecular weight is 382 g/mol. The molecule has 7 heteroatoms. The van der Waals surface area contributed by atoms with Crippen molar-refractivity contribution in [2.75, 3.05) is 19.6 Å². The largest absolute Gasteiger partial charge is 0.389 e. The molecule has 2 heterocycles. The lowest BCUT2D eigenvalue weighted by Crippen LogP contribution is -2.52. The summed E-state index contributed by atoms with van der Waals surface area (Å²) in [5.74, 6) is -0.275. The zero-order valence-electron chi connectivity index (χ0n) is 15.3. The molecule has 2 aliphatic heterocycles. The number of rotatable bonds is 4. The number of carbonyl (C=O) groups excluding carboxylic acids is 2. The number of benzene rings is 1. The second kappa shape index (κ2) is 7.90. The van der Waals surface area contributed by atoms with E-state index in [-0.39, 0.29) is 11.3 Å². The van der Waals surface area contributed by atoms with Crippen LogP contribution in [0.3, 0.4) is 0 Å². The van der Waals surface area contributed by atoms with E-state index in [1.165, 1.54) is 0 Å². The molecule has 0 atom stereocenters. The molecule has 148 valence electrons. The van der Waals surface area contributed by atoms with E-state index >= 15 is 0 Å². The molecule has 2 fully saturated rings. The van der Waals surface area contributed by atoms with Gasteiger partial charge in [-0.3, -0.25) is 9.59 Å². The van der Waals surface area contributed by atoms with Crippen LogP contribution in [0.15, 0.2) is 30.3 Å². The predicted molar refractivity (Wildman–Crippen MR) is 94.6 cm³/mol. The molecule has 2 aliphatic rings. The molecule has 1 spiro atoms. The molecule has 0 N–H and O–H groups in total. The summed E-state index contributed by atoms with van der Waals surface area (Å²) >= 11 is 0. The molecule has 0 unspecified atom stereocenters. The highest BCUT2D eigenvalue weighted by Gasteiger charge is 2.42. The highest BCUT2D eigenvalue weighted by molar-refractivity contribution is 5.77. The van der Waals surface area contributed by atoms with Gasteiger partial charge in [-0.15, -0.1) is 0 Å². The molecule has 0 bridgehead atoms. The maximum Gasteiger partial charge on any atom is 0.389 e. The van der Waals surface area contributed by atoms with Crippen molar-refractivity contribution in [3.8, 4) is 0 Å². The third-order valence-electron chi connectivity index (χ3n) is 5.76. The summed E-state index contributed by atoms with van der Waals surface area (Å²) in [7, 11) is 0. The van der Waals surface area contributed by atoms with Crippen LogP contribution in [-0.2, 0) is 16.1 Å². The lowest BCUT2D eigenvalue weighted by Gasteiger charge is -2.47. The van der Waals surface area contributed by atoms with E-state index < -0.39 is 24.9 Å². The van der Waals surface area contributed by atoms with Gasteiger partial charge in [-0.25, -0.2) is 0 Å². The number of likely N-dealkylation sites (tertiary alicyclic amines) is 2. The van der Waals surface area contributed by atoms with Gasteiger partial charge in [0.15, 0.2) is 0 Å². The highest BCUT2D eigenvalue weighted by Crippen LogP contribution is 2.40. The summed E-state index contributed by atoms with van der Waals surface area (Å²) in [5, 5.41) is 0. The molecular weight excluding hydrogens is 357 g/mol. The van der Waals surface area contributed by atoms with Crippen LogP contribution in [0, 0.1) is 5.41 Å². The fourth-order valence-electron chi connectivity index (χ4n) is 4.10. The number of alkyl halides is 3. The summed E-state index contributed by atoms with van der Waals surface area (Å²) in [5.41, 5.74) is 1.06. The van der Waals surface area contributed by atoms with Crippen LogP contribution in [0.1, 0.15) is 44.1 Å². The van der Waals surface area contributed by atoms with Crippen LogP contribution < -0.4 is 0 Å². The third kappa shape index (κ3) is 5.23. The fourth-order valence-corrected chi connectivity index (χ4v) is 4.10. The first-order chi connectivity index (χ1) is 12.8. The zero-order valence-corrected chi connectivity index (χ0v) is 15.3. The molecule has 0 aromatic heterocycles. The van der Waals surface area contributed by atoms with Gasteiger partial charge < -0.3 is 9.80 Å². The SMILES string of the molecule is O=C(CCC(F)(F)F)N1CCC2(CCC(=O)N(Cc3ccccc3)C2)CC1. The van der Waals surface area contributed by atoms with Crippen molar-refractivity contribution in [1.29, 1.82) is 0 Å². The monoisotopic (exact) mass is 382 g/mol. The van der Waals surface area contributed by atoms with E-state index in [0.29, 0.717) is 32.6 Å². The van der Waals surface area contributed by atoms with Crippen molar-refractivity contribution in [1.82, 2.24) is 9.80 Å². The van der Waals surface area contributed by atoms with Gasteiger partial charge in [0.25, 0.3) is 0 Å². The minimum absolute atomic E-state index is 0.0243. The van der Waals surface area contributed by atoms with Crippen molar-refractivity contribution < 1.29 is 22.8 Å². The van der Waals surface area contributed by atoms with Gasteiger partial charge in [0.05, 0.1) is 6.42 Å². The second-order valence-corrected chi connectivity index (χ2v) is 7.73. The Bertz CT molecular complexity index is 668. The molecule has 3 rings (SSSR count). The van der Waals surface area contributed by atoms with Gasteiger partial charge >= 0.3 is 6.18 Å². The van der Waals surface area contributed by atoms with Crippen LogP contribution >= 0.6 is 0 Å². The Morgan fingerprint density at radius 3 is 2.37 bits per heavy atom. The van der Waals surface area contributed by atoms with Gasteiger partial charge in [0.1, 0.15) is 0 Å². The van der Waals surface area contributed by atoms with Crippen molar-refractivity contribution in [2.24, 2.45) is 5.41 Å². The average Bonchev–Trinajstić information content (AvgIpc) is 2.64. The van der Waals surface area contributed by atoms with Crippen molar-refractivity contribution >= 4 is 11.8 Å². The molecule has 0 aliphatic carbocycles. The Hall–Kier alpha value is -2.05. The van der Waals surface area contributed by atoms with Crippen molar-refractivity contribution in [2.45, 2.75) is 51.2 Å². The highest BCUT2D eigenvalue weighted by atomic mass is 19.4. The van der Waals surface area contributed by atoms with E-state index in [4.69, 9.17) is 0 Å². The Morgan fingerprint density at radius 1 is 1.07 bits per heavy atom. The quantitative estimate of drug-likeness (QED) is 0.796. The Kier molecular flexibility index (Phi) is 5.77. The van der Waals surface area contributed by atoms with Crippen molar-refractivity contribution in [3.63, 3.8) is 0 Å². The summed E-state index contributed by atoms with van der Waals surface area (Å²) in [6.45, 7) is 2.19. The Balaban J connectivity index is 1.55. The standard InChI is InChI=1S/C20H25F3N2O2/c21-20(22,23)9-7-17(26)24-12-10-19(11-13-24)8-6-18(27)25(15-19)14-16-4-2-1-3-5-16/h1-5H,6-15H2. The van der Waals surface area contributed by atoms with Gasteiger partial charge in [0, 0.05) is 39.0 Å². The van der Waals surface area contributed by atoms with Crippen LogP contribution in [0.4, 0.5) is 13.2 Å². The summed E-state index contributed by atoms with van der Waals surface area (Å²) in [4.78, 5) is 27.8. The number of hydrogen-bond donors (Lipinski definition) is 0. The van der Waals surface area contributed by atoms with E-state index in [1.807, 2.05) is 35.2 Å². The number of piperidine rings is 2. The van der Waals surface area contributed by atoms with Crippen LogP contribution in [0.5, 0.6) is 0 Å². The predicted octanol–water partition coefficient (Wildman–Crippen LogP) is 3.76. The number of hydrogen-bond acceptors (Lipinski definition) is 2. The molecule has 1 aromatic carbocycles. The van der Waals surface area contributed by atoms with Crippen LogP contribution in [0.2, 0.25) is 0 Å². The first-order valence-corrected chi connectivity index (χ1v) is 9.43. The number of halogens is 3. The molecule has 27 heavy (non-hydrogen) atoms. The Labute approximate surface area is 157 Å². The minimum atomic E-state index is -4.30. The molecule has 2 saturated heterocycles. The zero-order chi connectivity index (χ0) is 19.5. The van der Waals surface area contributed by atoms with E-state index in [1.54, 1.807) is 4.90 Å². The lowest BCUT2D eigenvalue weighted by molar-refractivity contribution is -0.151. The molecule has 2 amide bonds. The molecular formula is C20H25F3N2O2. The number of amides is 2. The van der Waals surface area contributed by atoms with E-state index in [2.05, 4.69) is 0 Å². The minimum Gasteiger partial charge on any atom is -0.343 e. The lowest BCUT2D eigenvalue weighted by atomic mass is 9.72. The first-order valence-electron chi connectivity index (χ1n) is 9.43. The van der Waals surface area contributed by atoms with Gasteiger partial charge in [-0.05, 0) is 30.2 Å².